The van der Waals surface area contributed by atoms with E-state index in [0.717, 1.165) is 12.8 Å². The first-order valence-electron chi connectivity index (χ1n) is 10.9. The van der Waals surface area contributed by atoms with Crippen LogP contribution in [0.4, 0.5) is 14.5 Å². The number of anilines is 1. The van der Waals surface area contributed by atoms with Gasteiger partial charge in [-0.3, -0.25) is 9.20 Å². The van der Waals surface area contributed by atoms with Crippen LogP contribution >= 0.6 is 22.9 Å². The Balaban J connectivity index is 0.000000967. The molecule has 2 aliphatic rings. The predicted octanol–water partition coefficient (Wildman–Crippen LogP) is 2.77. The van der Waals surface area contributed by atoms with Gasteiger partial charge in [0.2, 0.25) is 10.0 Å². The maximum absolute atomic E-state index is 13.2. The van der Waals surface area contributed by atoms with Crippen LogP contribution in [-0.2, 0) is 14.8 Å². The summed E-state index contributed by atoms with van der Waals surface area (Å²) in [6, 6.07) is 1.78. The number of fused-ring (bicyclic) bond motifs is 1. The van der Waals surface area contributed by atoms with E-state index in [1.807, 2.05) is 13.8 Å². The number of rotatable bonds is 6. The number of nitrogens with zero attached hydrogens (tertiary/aromatic N) is 5. The van der Waals surface area contributed by atoms with Gasteiger partial charge in [0.25, 0.3) is 12.9 Å². The van der Waals surface area contributed by atoms with Gasteiger partial charge < -0.3 is 15.3 Å². The topological polar surface area (TPSA) is 142 Å². The number of hydrogen-bond donors (Lipinski definition) is 3. The molecule has 0 radical (unpaired) electrons. The molecule has 5 rings (SSSR count). The molecule has 1 aliphatic heterocycles. The summed E-state index contributed by atoms with van der Waals surface area (Å²) in [4.78, 5) is 14.8. The minimum atomic E-state index is -3.86. The first-order chi connectivity index (χ1) is 17.0. The number of aromatic nitrogens is 4. The molecular weight excluding hydrogens is 540 g/mol. The summed E-state index contributed by atoms with van der Waals surface area (Å²) in [7, 11) is -3.86. The third-order valence-corrected chi connectivity index (χ3v) is 8.66. The van der Waals surface area contributed by atoms with E-state index in [-0.39, 0.29) is 33.4 Å². The number of carboxylic acid groups (broad SMARTS) is 1. The van der Waals surface area contributed by atoms with Gasteiger partial charge in [-0.25, -0.2) is 26.9 Å². The third-order valence-electron chi connectivity index (χ3n) is 5.87. The van der Waals surface area contributed by atoms with Gasteiger partial charge in [0.05, 0.1) is 5.69 Å². The molecule has 16 heteroatoms. The second-order valence-corrected chi connectivity index (χ2v) is 11.9. The van der Waals surface area contributed by atoms with Gasteiger partial charge in [0.1, 0.15) is 10.4 Å². The summed E-state index contributed by atoms with van der Waals surface area (Å²) in [5, 5.41) is 17.4. The smallest absolute Gasteiger partial charge is 0.291 e. The molecule has 1 atom stereocenters. The van der Waals surface area contributed by atoms with Crippen LogP contribution in [0.2, 0.25) is 5.15 Å². The van der Waals surface area contributed by atoms with Crippen molar-refractivity contribution in [1.29, 1.82) is 0 Å². The number of nitrogens with one attached hydrogen (secondary N) is 2. The highest BCUT2D eigenvalue weighted by Gasteiger charge is 2.41. The summed E-state index contributed by atoms with van der Waals surface area (Å²) >= 11 is 7.20. The Bertz CT molecular complexity index is 1380. The van der Waals surface area contributed by atoms with Crippen molar-refractivity contribution in [2.75, 3.05) is 24.5 Å². The maximum atomic E-state index is 13.2. The number of carbonyl (C=O) groups is 1. The second kappa shape index (κ2) is 10.1. The van der Waals surface area contributed by atoms with Crippen molar-refractivity contribution in [2.45, 2.75) is 49.6 Å². The summed E-state index contributed by atoms with van der Waals surface area (Å²) in [6.07, 6.45) is 0.172. The average molecular weight is 564 g/mol. The Morgan fingerprint density at radius 1 is 1.39 bits per heavy atom. The van der Waals surface area contributed by atoms with E-state index in [1.165, 1.54) is 10.6 Å². The van der Waals surface area contributed by atoms with Crippen LogP contribution in [0, 0.1) is 0 Å². The van der Waals surface area contributed by atoms with Crippen molar-refractivity contribution >= 4 is 50.6 Å². The summed E-state index contributed by atoms with van der Waals surface area (Å²) in [5.41, 5.74) is 0.638. The molecule has 11 nitrogen and oxygen atoms in total. The Hall–Kier alpha value is -2.46. The SMILES string of the molecule is C[C@H]1CN(c2cc(S(=O)(=O)NC3(C)CC3)cn3c(-c4nnc(C(F)F)s4)nc(Cl)c23)CCN1.O=CO. The molecule has 3 N–H and O–H groups in total. The molecule has 0 bridgehead atoms. The van der Waals surface area contributed by atoms with Crippen LogP contribution in [0.15, 0.2) is 17.2 Å². The van der Waals surface area contributed by atoms with Crippen molar-refractivity contribution in [1.82, 2.24) is 29.6 Å². The molecule has 0 unspecified atom stereocenters. The van der Waals surface area contributed by atoms with Crippen molar-refractivity contribution in [3.63, 3.8) is 0 Å². The molecule has 1 saturated carbocycles. The summed E-state index contributed by atoms with van der Waals surface area (Å²) in [5.74, 6) is 0.165. The predicted molar refractivity (Wildman–Crippen MR) is 130 cm³/mol. The van der Waals surface area contributed by atoms with Gasteiger partial charge in [0, 0.05) is 37.4 Å². The van der Waals surface area contributed by atoms with Crippen LogP contribution in [0.5, 0.6) is 0 Å². The number of alkyl halides is 2. The molecular formula is C20H24ClF2N7O4S2. The van der Waals surface area contributed by atoms with Crippen LogP contribution in [0.3, 0.4) is 0 Å². The highest BCUT2D eigenvalue weighted by atomic mass is 35.5. The second-order valence-electron chi connectivity index (χ2n) is 8.82. The minimum Gasteiger partial charge on any atom is -0.483 e. The van der Waals surface area contributed by atoms with E-state index >= 15 is 0 Å². The molecule has 0 spiro atoms. The Morgan fingerprint density at radius 2 is 2.08 bits per heavy atom. The number of piperazine rings is 1. The number of imidazole rings is 1. The lowest BCUT2D eigenvalue weighted by molar-refractivity contribution is -0.122. The Morgan fingerprint density at radius 3 is 2.67 bits per heavy atom. The number of hydrogen-bond acceptors (Lipinski definition) is 9. The van der Waals surface area contributed by atoms with Crippen molar-refractivity contribution in [3.05, 3.63) is 22.4 Å². The maximum Gasteiger partial charge on any atom is 0.291 e. The van der Waals surface area contributed by atoms with E-state index in [2.05, 4.69) is 30.1 Å². The fourth-order valence-electron chi connectivity index (χ4n) is 3.90. The molecule has 3 aromatic rings. The van der Waals surface area contributed by atoms with Gasteiger partial charge >= 0.3 is 0 Å². The van der Waals surface area contributed by atoms with E-state index in [1.54, 1.807) is 6.07 Å². The highest BCUT2D eigenvalue weighted by Crippen LogP contribution is 2.39. The Labute approximate surface area is 214 Å². The van der Waals surface area contributed by atoms with Crippen LogP contribution < -0.4 is 14.9 Å². The quantitative estimate of drug-likeness (QED) is 0.386. The summed E-state index contributed by atoms with van der Waals surface area (Å²) < 4.78 is 57.0. The van der Waals surface area contributed by atoms with Crippen LogP contribution in [0.25, 0.3) is 16.3 Å². The molecule has 2 fully saturated rings. The zero-order chi connectivity index (χ0) is 26.3. The fraction of sp³-hybridized carbons (Fsp3) is 0.500. The fourth-order valence-corrected chi connectivity index (χ4v) is 6.34. The van der Waals surface area contributed by atoms with Crippen molar-refractivity contribution < 1.29 is 27.1 Å². The van der Waals surface area contributed by atoms with Gasteiger partial charge in [0.15, 0.2) is 21.0 Å². The lowest BCUT2D eigenvalue weighted by atomic mass is 10.2. The van der Waals surface area contributed by atoms with Crippen molar-refractivity contribution in [3.8, 4) is 10.8 Å². The largest absolute Gasteiger partial charge is 0.483 e. The van der Waals surface area contributed by atoms with Crippen molar-refractivity contribution in [2.24, 2.45) is 0 Å². The van der Waals surface area contributed by atoms with E-state index in [9.17, 15) is 17.2 Å². The molecule has 3 aromatic heterocycles. The molecule has 196 valence electrons. The van der Waals surface area contributed by atoms with Gasteiger partial charge in [-0.15, -0.1) is 10.2 Å². The van der Waals surface area contributed by atoms with Crippen LogP contribution in [-0.4, -0.2) is 70.8 Å². The molecule has 1 aliphatic carbocycles. The molecule has 0 amide bonds. The average Bonchev–Trinajstić information content (AvgIpc) is 3.20. The Kier molecular flexibility index (Phi) is 7.48. The number of sulfonamides is 1. The first-order valence-corrected chi connectivity index (χ1v) is 13.6. The van der Waals surface area contributed by atoms with Gasteiger partial charge in [-0.2, -0.15) is 0 Å². The molecule has 1 saturated heterocycles. The highest BCUT2D eigenvalue weighted by molar-refractivity contribution is 7.89. The van der Waals surface area contributed by atoms with E-state index in [4.69, 9.17) is 21.5 Å². The molecule has 0 aromatic carbocycles. The van der Waals surface area contributed by atoms with E-state index in [0.29, 0.717) is 42.2 Å². The molecule has 4 heterocycles. The third kappa shape index (κ3) is 5.44. The monoisotopic (exact) mass is 563 g/mol. The lowest BCUT2D eigenvalue weighted by Crippen LogP contribution is -2.49. The van der Waals surface area contributed by atoms with E-state index < -0.39 is 27.0 Å². The van der Waals surface area contributed by atoms with Gasteiger partial charge in [-0.1, -0.05) is 22.9 Å². The number of halogens is 3. The van der Waals surface area contributed by atoms with Crippen LogP contribution in [0.1, 0.15) is 38.1 Å². The zero-order valence-electron chi connectivity index (χ0n) is 19.3. The van der Waals surface area contributed by atoms with Gasteiger partial charge in [-0.05, 0) is 32.8 Å². The first kappa shape index (κ1) is 26.6. The molecule has 36 heavy (non-hydrogen) atoms. The standard InChI is InChI=1S/C19H22ClF2N7O2S2.CH2O2/c1-10-8-28(6-5-23-10)12-7-11(33(30,31)27-19(2)3-4-19)9-29-13(12)14(20)24-16(29)18-26-25-17(32-18)15(21)22;2-1-3/h7,9-10,15,23,27H,3-6,8H2,1-2H3;1H,(H,2,3)/t10-;/m0./s1. The zero-order valence-corrected chi connectivity index (χ0v) is 21.7. The summed E-state index contributed by atoms with van der Waals surface area (Å²) in [6.45, 7) is 5.63. The minimum absolute atomic E-state index is 0.0400. The lowest BCUT2D eigenvalue weighted by Gasteiger charge is -2.34. The number of pyridine rings is 1. The normalized spacial score (nSPS) is 19.3.